The molecule has 1 aliphatic heterocycles. The molecule has 3 heterocycles. The van der Waals surface area contributed by atoms with Crippen molar-refractivity contribution in [2.75, 3.05) is 31.3 Å². The highest BCUT2D eigenvalue weighted by molar-refractivity contribution is 8.13. The number of H-pyrrole nitrogens is 1. The summed E-state index contributed by atoms with van der Waals surface area (Å²) in [6.07, 6.45) is -2.75. The van der Waals surface area contributed by atoms with E-state index in [0.29, 0.717) is 0 Å². The second-order valence-corrected chi connectivity index (χ2v) is 11.5. The van der Waals surface area contributed by atoms with Crippen LogP contribution in [0.5, 0.6) is 0 Å². The molecule has 204 valence electrons. The second kappa shape index (κ2) is 11.5. The van der Waals surface area contributed by atoms with E-state index < -0.39 is 49.4 Å². The molecular formula is C18H31N6O9PS2. The van der Waals surface area contributed by atoms with Gasteiger partial charge in [-0.05, 0) is 20.8 Å². The van der Waals surface area contributed by atoms with Crippen LogP contribution in [0.15, 0.2) is 11.1 Å². The fourth-order valence-corrected chi connectivity index (χ4v) is 4.97. The van der Waals surface area contributed by atoms with Gasteiger partial charge in [0.15, 0.2) is 22.5 Å². The summed E-state index contributed by atoms with van der Waals surface area (Å²) in [6, 6.07) is 0. The number of nitrogens with zero attached hydrogens (tertiary/aromatic N) is 3. The Balaban J connectivity index is 0.00000456. The first kappa shape index (κ1) is 30.7. The van der Waals surface area contributed by atoms with Gasteiger partial charge in [-0.3, -0.25) is 28.2 Å². The largest absolute Gasteiger partial charge is 0.402 e. The predicted molar refractivity (Wildman–Crippen MR) is 136 cm³/mol. The van der Waals surface area contributed by atoms with Gasteiger partial charge in [-0.2, -0.15) is 18.5 Å². The molecule has 1 fully saturated rings. The van der Waals surface area contributed by atoms with E-state index >= 15 is 0 Å². The monoisotopic (exact) mass is 570 g/mol. The number of carbonyl (C=O) groups excluding carboxylic acids is 1. The molecule has 0 aromatic carbocycles. The molecule has 3 rings (SSSR count). The van der Waals surface area contributed by atoms with Crippen LogP contribution in [0.2, 0.25) is 0 Å². The average Bonchev–Trinajstić information content (AvgIpc) is 3.28. The highest BCUT2D eigenvalue weighted by Crippen LogP contribution is 2.43. The maximum absolute atomic E-state index is 12.4. The summed E-state index contributed by atoms with van der Waals surface area (Å²) in [5.41, 5.74) is 7.73. The SMILES string of the molecule is CC(C)(CO)C(=O)SCCOP(N)(=O)OC[C@H]1O[C@@H](n2cnc3c(=O)[nH]c(N)nc32)[C@](C)(O)[C@@H]1O.S. The molecule has 36 heavy (non-hydrogen) atoms. The summed E-state index contributed by atoms with van der Waals surface area (Å²) in [5, 5.41) is 30.4. The average molecular weight is 571 g/mol. The summed E-state index contributed by atoms with van der Waals surface area (Å²) < 4.78 is 29.6. The van der Waals surface area contributed by atoms with Crippen molar-refractivity contribution in [1.82, 2.24) is 19.5 Å². The van der Waals surface area contributed by atoms with Crippen LogP contribution >= 0.6 is 33.0 Å². The van der Waals surface area contributed by atoms with Gasteiger partial charge >= 0.3 is 7.75 Å². The minimum absolute atomic E-state index is 0. The third-order valence-corrected chi connectivity index (χ3v) is 7.65. The number of carbonyl (C=O) groups is 1. The summed E-state index contributed by atoms with van der Waals surface area (Å²) >= 11 is 0.892. The van der Waals surface area contributed by atoms with Gasteiger partial charge in [0, 0.05) is 5.75 Å². The molecule has 0 saturated carbocycles. The van der Waals surface area contributed by atoms with E-state index in [1.165, 1.54) is 17.8 Å². The van der Waals surface area contributed by atoms with Crippen molar-refractivity contribution >= 4 is 55.2 Å². The van der Waals surface area contributed by atoms with E-state index in [0.717, 1.165) is 11.8 Å². The van der Waals surface area contributed by atoms with Crippen LogP contribution in [0.4, 0.5) is 5.95 Å². The highest BCUT2D eigenvalue weighted by atomic mass is 32.2. The first-order valence-electron chi connectivity index (χ1n) is 10.4. The van der Waals surface area contributed by atoms with Crippen molar-refractivity contribution in [1.29, 1.82) is 0 Å². The number of nitrogens with two attached hydrogens (primary N) is 2. The molecule has 0 amide bonds. The lowest BCUT2D eigenvalue weighted by molar-refractivity contribution is -0.119. The number of aliphatic hydroxyl groups is 3. The van der Waals surface area contributed by atoms with Gasteiger partial charge in [0.05, 0.1) is 31.6 Å². The Hall–Kier alpha value is -1.53. The molecule has 15 nitrogen and oxygen atoms in total. The lowest BCUT2D eigenvalue weighted by Gasteiger charge is -2.27. The maximum atomic E-state index is 12.4. The van der Waals surface area contributed by atoms with Crippen molar-refractivity contribution < 1.29 is 38.5 Å². The lowest BCUT2D eigenvalue weighted by Crippen LogP contribution is -2.44. The molecule has 0 radical (unpaired) electrons. The van der Waals surface area contributed by atoms with Crippen LogP contribution in [0.25, 0.3) is 11.2 Å². The number of hydrogen-bond donors (Lipinski definition) is 6. The molecule has 0 bridgehead atoms. The van der Waals surface area contributed by atoms with E-state index in [4.69, 9.17) is 25.0 Å². The number of anilines is 1. The van der Waals surface area contributed by atoms with Crippen LogP contribution in [0, 0.1) is 5.41 Å². The molecule has 0 spiro atoms. The maximum Gasteiger partial charge on any atom is 0.402 e. The number of aromatic amines is 1. The molecule has 1 unspecified atom stereocenters. The number of nitrogens with one attached hydrogen (secondary N) is 1. The van der Waals surface area contributed by atoms with Crippen LogP contribution in [0.1, 0.15) is 27.0 Å². The van der Waals surface area contributed by atoms with Gasteiger partial charge in [-0.1, -0.05) is 11.8 Å². The van der Waals surface area contributed by atoms with Gasteiger partial charge < -0.3 is 25.8 Å². The zero-order valence-corrected chi connectivity index (χ0v) is 22.5. The minimum Gasteiger partial charge on any atom is -0.395 e. The first-order valence-corrected chi connectivity index (χ1v) is 13.0. The number of fused-ring (bicyclic) bond motifs is 1. The molecule has 1 aliphatic rings. The van der Waals surface area contributed by atoms with Crippen LogP contribution < -0.4 is 16.8 Å². The Kier molecular flexibility index (Phi) is 9.78. The quantitative estimate of drug-likeness (QED) is 0.151. The van der Waals surface area contributed by atoms with Crippen LogP contribution in [-0.2, 0) is 23.1 Å². The Morgan fingerprint density at radius 1 is 1.44 bits per heavy atom. The van der Waals surface area contributed by atoms with Gasteiger partial charge in [0.1, 0.15) is 17.8 Å². The first-order chi connectivity index (χ1) is 16.2. The van der Waals surface area contributed by atoms with Crippen LogP contribution in [-0.4, -0.2) is 83.3 Å². The van der Waals surface area contributed by atoms with E-state index in [1.54, 1.807) is 13.8 Å². The smallest absolute Gasteiger partial charge is 0.395 e. The van der Waals surface area contributed by atoms with Crippen molar-refractivity contribution in [3.05, 3.63) is 16.7 Å². The normalized spacial score (nSPS) is 26.0. The number of hydrogen-bond acceptors (Lipinski definition) is 13. The van der Waals surface area contributed by atoms with Gasteiger partial charge in [0.2, 0.25) is 5.95 Å². The molecule has 2 aromatic rings. The minimum atomic E-state index is -4.09. The topological polar surface area (TPSA) is 238 Å². The number of rotatable bonds is 10. The highest BCUT2D eigenvalue weighted by Gasteiger charge is 2.54. The zero-order chi connectivity index (χ0) is 26.2. The summed E-state index contributed by atoms with van der Waals surface area (Å²) in [7, 11) is -4.09. The van der Waals surface area contributed by atoms with Gasteiger partial charge in [-0.25, -0.2) is 15.1 Å². The summed E-state index contributed by atoms with van der Waals surface area (Å²) in [5.74, 6) is -0.0573. The van der Waals surface area contributed by atoms with Crippen molar-refractivity contribution in [3.63, 3.8) is 0 Å². The van der Waals surface area contributed by atoms with Gasteiger partial charge in [0.25, 0.3) is 5.56 Å². The number of aliphatic hydroxyl groups excluding tert-OH is 2. The predicted octanol–water partition coefficient (Wildman–Crippen LogP) is -0.798. The third-order valence-electron chi connectivity index (χ3n) is 5.41. The van der Waals surface area contributed by atoms with E-state index in [1.807, 2.05) is 0 Å². The number of aromatic nitrogens is 4. The van der Waals surface area contributed by atoms with Gasteiger partial charge in [-0.15, -0.1) is 0 Å². The molecule has 1 saturated heterocycles. The standard InChI is InChI=1S/C18H29N6O9PS.H2S/c1-17(2,7-25)15(28)35-5-4-31-34(20,30)32-6-9-11(26)18(3,29)14(33-9)24-8-21-10-12(24)22-16(19)23-13(10)27;/h8-9,11,14,25-26,29H,4-7H2,1-3H3,(H2,20,30)(H3,19,22,23,27);1H2/t9-,11-,14-,18-,34?;/m1./s1. The Morgan fingerprint density at radius 2 is 2.11 bits per heavy atom. The summed E-state index contributed by atoms with van der Waals surface area (Å²) in [4.78, 5) is 34.3. The number of imidazole rings is 1. The molecule has 0 aliphatic carbocycles. The summed E-state index contributed by atoms with van der Waals surface area (Å²) in [6.45, 7) is 3.47. The Labute approximate surface area is 216 Å². The van der Waals surface area contributed by atoms with E-state index in [-0.39, 0.29) is 54.7 Å². The molecule has 18 heteroatoms. The zero-order valence-electron chi connectivity index (χ0n) is 19.8. The van der Waals surface area contributed by atoms with Crippen molar-refractivity contribution in [3.8, 4) is 0 Å². The van der Waals surface area contributed by atoms with Crippen molar-refractivity contribution in [2.24, 2.45) is 10.9 Å². The Morgan fingerprint density at radius 3 is 2.75 bits per heavy atom. The fourth-order valence-electron chi connectivity index (χ4n) is 3.27. The fraction of sp³-hybridized carbons (Fsp3) is 0.667. The molecule has 8 N–H and O–H groups in total. The van der Waals surface area contributed by atoms with E-state index in [9.17, 15) is 29.5 Å². The van der Waals surface area contributed by atoms with Crippen LogP contribution in [0.3, 0.4) is 0 Å². The molecule has 2 aromatic heterocycles. The number of thioether (sulfide) groups is 1. The molecular weight excluding hydrogens is 539 g/mol. The van der Waals surface area contributed by atoms with E-state index in [2.05, 4.69) is 15.0 Å². The third kappa shape index (κ3) is 6.48. The van der Waals surface area contributed by atoms with Crippen molar-refractivity contribution in [2.45, 2.75) is 44.8 Å². The second-order valence-electron chi connectivity index (χ2n) is 8.82. The Bertz CT molecular complexity index is 1190. The lowest BCUT2D eigenvalue weighted by atomic mass is 9.96. The molecule has 5 atom stereocenters. The number of ether oxygens (including phenoxy) is 1. The number of nitrogen functional groups attached to an aromatic ring is 1.